The van der Waals surface area contributed by atoms with Crippen LogP contribution in [0.5, 0.6) is 0 Å². The van der Waals surface area contributed by atoms with Crippen LogP contribution in [-0.2, 0) is 6.54 Å². The summed E-state index contributed by atoms with van der Waals surface area (Å²) in [5.41, 5.74) is 7.48. The Bertz CT molecular complexity index is 259. The van der Waals surface area contributed by atoms with Crippen LogP contribution in [0.25, 0.3) is 0 Å². The van der Waals surface area contributed by atoms with E-state index in [4.69, 9.17) is 5.73 Å². The Morgan fingerprint density at radius 1 is 1.20 bits per heavy atom. The number of aromatic nitrogens is 2. The van der Waals surface area contributed by atoms with Gasteiger partial charge in [0, 0.05) is 12.7 Å². The van der Waals surface area contributed by atoms with Crippen LogP contribution < -0.4 is 5.73 Å². The van der Waals surface area contributed by atoms with Gasteiger partial charge in [-0.15, -0.1) is 0 Å². The lowest BCUT2D eigenvalue weighted by atomic mass is 10.1. The van der Waals surface area contributed by atoms with Gasteiger partial charge < -0.3 is 5.73 Å². The molecule has 15 heavy (non-hydrogen) atoms. The van der Waals surface area contributed by atoms with Gasteiger partial charge in [-0.25, -0.2) is 0 Å². The molecule has 0 bridgehead atoms. The van der Waals surface area contributed by atoms with Gasteiger partial charge in [0.25, 0.3) is 0 Å². The van der Waals surface area contributed by atoms with Crippen LogP contribution in [0, 0.1) is 6.92 Å². The minimum absolute atomic E-state index is 0.806. The van der Waals surface area contributed by atoms with E-state index in [1.54, 1.807) is 0 Å². The molecular formula is C12H23N3. The summed E-state index contributed by atoms with van der Waals surface area (Å²) in [5.74, 6) is 0. The highest BCUT2D eigenvalue weighted by Gasteiger charge is 1.99. The highest BCUT2D eigenvalue weighted by molar-refractivity contribution is 5.39. The van der Waals surface area contributed by atoms with E-state index in [-0.39, 0.29) is 0 Å². The number of unbranched alkanes of at least 4 members (excludes halogenated alkanes) is 5. The molecule has 0 aliphatic heterocycles. The smallest absolute Gasteiger partial charge is 0.0822 e. The third-order valence-electron chi connectivity index (χ3n) is 2.73. The minimum Gasteiger partial charge on any atom is -0.396 e. The van der Waals surface area contributed by atoms with Crippen LogP contribution in [-0.4, -0.2) is 9.78 Å². The van der Waals surface area contributed by atoms with E-state index < -0.39 is 0 Å². The van der Waals surface area contributed by atoms with Gasteiger partial charge in [0.1, 0.15) is 0 Å². The largest absolute Gasteiger partial charge is 0.396 e. The van der Waals surface area contributed by atoms with E-state index in [9.17, 15) is 0 Å². The Morgan fingerprint density at radius 3 is 2.47 bits per heavy atom. The van der Waals surface area contributed by atoms with Crippen LogP contribution in [0.1, 0.15) is 51.1 Å². The third-order valence-corrected chi connectivity index (χ3v) is 2.73. The van der Waals surface area contributed by atoms with Crippen LogP contribution in [0.3, 0.4) is 0 Å². The average molecular weight is 209 g/mol. The first-order valence-corrected chi connectivity index (χ1v) is 6.03. The van der Waals surface area contributed by atoms with E-state index in [1.165, 1.54) is 38.5 Å². The molecule has 0 saturated carbocycles. The lowest BCUT2D eigenvalue weighted by Gasteiger charge is -2.01. The number of aryl methyl sites for hydroxylation is 2. The van der Waals surface area contributed by atoms with Crippen molar-refractivity contribution in [3.05, 3.63) is 11.9 Å². The summed E-state index contributed by atoms with van der Waals surface area (Å²) in [6.07, 6.45) is 9.85. The normalized spacial score (nSPS) is 10.8. The Hall–Kier alpha value is -0.990. The minimum atomic E-state index is 0.806. The molecule has 0 amide bonds. The highest BCUT2D eigenvalue weighted by atomic mass is 15.3. The fourth-order valence-corrected chi connectivity index (χ4v) is 1.70. The Balaban J connectivity index is 2.10. The van der Waals surface area contributed by atoms with E-state index in [0.717, 1.165) is 17.9 Å². The summed E-state index contributed by atoms with van der Waals surface area (Å²) < 4.78 is 1.96. The maximum atomic E-state index is 5.73. The molecule has 86 valence electrons. The molecule has 3 nitrogen and oxygen atoms in total. The van der Waals surface area contributed by atoms with Crippen molar-refractivity contribution in [2.45, 2.75) is 58.9 Å². The third kappa shape index (κ3) is 4.36. The monoisotopic (exact) mass is 209 g/mol. The molecule has 0 spiro atoms. The second-order valence-corrected chi connectivity index (χ2v) is 4.20. The Labute approximate surface area is 92.7 Å². The lowest BCUT2D eigenvalue weighted by molar-refractivity contribution is 0.525. The summed E-state index contributed by atoms with van der Waals surface area (Å²) in [6.45, 7) is 5.20. The molecule has 0 radical (unpaired) electrons. The molecule has 0 fully saturated rings. The molecule has 0 saturated heterocycles. The predicted molar refractivity (Wildman–Crippen MR) is 64.8 cm³/mol. The van der Waals surface area contributed by atoms with Crippen molar-refractivity contribution in [2.75, 3.05) is 5.73 Å². The number of hydrogen-bond acceptors (Lipinski definition) is 2. The molecule has 1 heterocycles. The van der Waals surface area contributed by atoms with Crippen LogP contribution >= 0.6 is 0 Å². The number of anilines is 1. The first-order valence-electron chi connectivity index (χ1n) is 6.03. The summed E-state index contributed by atoms with van der Waals surface area (Å²) in [6, 6.07) is 0. The summed E-state index contributed by atoms with van der Waals surface area (Å²) in [4.78, 5) is 0. The molecule has 1 aromatic rings. The van der Waals surface area contributed by atoms with Crippen molar-refractivity contribution in [1.82, 2.24) is 9.78 Å². The molecule has 0 aliphatic carbocycles. The van der Waals surface area contributed by atoms with Crippen molar-refractivity contribution >= 4 is 5.69 Å². The topological polar surface area (TPSA) is 43.8 Å². The molecule has 0 unspecified atom stereocenters. The quantitative estimate of drug-likeness (QED) is 0.701. The molecule has 1 rings (SSSR count). The first-order chi connectivity index (χ1) is 7.24. The van der Waals surface area contributed by atoms with Gasteiger partial charge in [-0.3, -0.25) is 4.68 Å². The molecular weight excluding hydrogens is 186 g/mol. The predicted octanol–water partition coefficient (Wildman–Crippen LogP) is 3.13. The number of nitrogens with zero attached hydrogens (tertiary/aromatic N) is 2. The van der Waals surface area contributed by atoms with Crippen molar-refractivity contribution in [2.24, 2.45) is 0 Å². The van der Waals surface area contributed by atoms with E-state index in [0.29, 0.717) is 0 Å². The van der Waals surface area contributed by atoms with E-state index in [2.05, 4.69) is 12.0 Å². The summed E-state index contributed by atoms with van der Waals surface area (Å²) >= 11 is 0. The zero-order valence-electron chi connectivity index (χ0n) is 10.00. The standard InChI is InChI=1S/C12H23N3/c1-3-4-5-6-7-8-9-15-10-12(13)11(2)14-15/h10H,3-9,13H2,1-2H3. The number of nitrogen functional groups attached to an aromatic ring is 1. The van der Waals surface area contributed by atoms with Gasteiger partial charge in [0.2, 0.25) is 0 Å². The van der Waals surface area contributed by atoms with Gasteiger partial charge >= 0.3 is 0 Å². The van der Waals surface area contributed by atoms with Gasteiger partial charge in [-0.05, 0) is 13.3 Å². The van der Waals surface area contributed by atoms with Gasteiger partial charge in [-0.2, -0.15) is 5.10 Å². The van der Waals surface area contributed by atoms with Crippen molar-refractivity contribution in [1.29, 1.82) is 0 Å². The first kappa shape index (κ1) is 12.1. The fraction of sp³-hybridized carbons (Fsp3) is 0.750. The van der Waals surface area contributed by atoms with Crippen molar-refractivity contribution in [3.63, 3.8) is 0 Å². The molecule has 3 heteroatoms. The zero-order valence-corrected chi connectivity index (χ0v) is 10.00. The van der Waals surface area contributed by atoms with E-state index in [1.807, 2.05) is 17.8 Å². The van der Waals surface area contributed by atoms with Gasteiger partial charge in [-0.1, -0.05) is 39.0 Å². The Morgan fingerprint density at radius 2 is 1.87 bits per heavy atom. The second-order valence-electron chi connectivity index (χ2n) is 4.20. The second kappa shape index (κ2) is 6.49. The number of rotatable bonds is 7. The average Bonchev–Trinajstić information content (AvgIpc) is 2.52. The van der Waals surface area contributed by atoms with Crippen LogP contribution in [0.15, 0.2) is 6.20 Å². The zero-order chi connectivity index (χ0) is 11.1. The summed E-state index contributed by atoms with van der Waals surface area (Å²) in [7, 11) is 0. The molecule has 1 aromatic heterocycles. The van der Waals surface area contributed by atoms with Gasteiger partial charge in [0.15, 0.2) is 0 Å². The highest BCUT2D eigenvalue weighted by Crippen LogP contribution is 2.09. The maximum Gasteiger partial charge on any atom is 0.0822 e. The van der Waals surface area contributed by atoms with Crippen molar-refractivity contribution in [3.8, 4) is 0 Å². The lowest BCUT2D eigenvalue weighted by Crippen LogP contribution is -1.98. The van der Waals surface area contributed by atoms with E-state index >= 15 is 0 Å². The molecule has 0 atom stereocenters. The van der Waals surface area contributed by atoms with Crippen molar-refractivity contribution < 1.29 is 0 Å². The van der Waals surface area contributed by atoms with Crippen LogP contribution in [0.4, 0.5) is 5.69 Å². The molecule has 2 N–H and O–H groups in total. The summed E-state index contributed by atoms with van der Waals surface area (Å²) in [5, 5.41) is 4.34. The van der Waals surface area contributed by atoms with Gasteiger partial charge in [0.05, 0.1) is 11.4 Å². The number of nitrogens with two attached hydrogens (primary N) is 1. The molecule has 0 aliphatic rings. The molecule has 0 aromatic carbocycles. The maximum absolute atomic E-state index is 5.73. The Kier molecular flexibility index (Phi) is 5.22. The van der Waals surface area contributed by atoms with Crippen LogP contribution in [0.2, 0.25) is 0 Å². The number of hydrogen-bond donors (Lipinski definition) is 1. The fourth-order valence-electron chi connectivity index (χ4n) is 1.70. The SMILES string of the molecule is CCCCCCCCn1cc(N)c(C)n1.